The van der Waals surface area contributed by atoms with Crippen molar-refractivity contribution in [2.45, 2.75) is 11.5 Å². The highest BCUT2D eigenvalue weighted by atomic mass is 35.7. The molecule has 6 heteroatoms. The molecule has 0 aromatic heterocycles. The van der Waals surface area contributed by atoms with Crippen LogP contribution in [-0.4, -0.2) is 15.5 Å². The van der Waals surface area contributed by atoms with Gasteiger partial charge in [-0.3, -0.25) is 0 Å². The van der Waals surface area contributed by atoms with Gasteiger partial charge in [0.05, 0.1) is 11.5 Å². The zero-order valence-corrected chi connectivity index (χ0v) is 8.90. The van der Waals surface area contributed by atoms with E-state index in [0.29, 0.717) is 0 Å². The van der Waals surface area contributed by atoms with Crippen molar-refractivity contribution in [3.63, 3.8) is 0 Å². The Morgan fingerprint density at radius 3 is 2.64 bits per heavy atom. The van der Waals surface area contributed by atoms with Gasteiger partial charge in [0.1, 0.15) is 5.82 Å². The van der Waals surface area contributed by atoms with Crippen molar-refractivity contribution in [2.24, 2.45) is 0 Å². The summed E-state index contributed by atoms with van der Waals surface area (Å²) in [5, 5.41) is 0. The van der Waals surface area contributed by atoms with Crippen LogP contribution < -0.4 is 0 Å². The first-order valence-corrected chi connectivity index (χ1v) is 5.98. The van der Waals surface area contributed by atoms with Gasteiger partial charge in [-0.1, -0.05) is 0 Å². The van der Waals surface area contributed by atoms with Crippen LogP contribution in [0.1, 0.15) is 5.56 Å². The van der Waals surface area contributed by atoms with Gasteiger partial charge in [0.2, 0.25) is 0 Å². The van der Waals surface area contributed by atoms with E-state index in [1.807, 2.05) is 0 Å². The van der Waals surface area contributed by atoms with E-state index < -0.39 is 14.9 Å². The van der Waals surface area contributed by atoms with E-state index in [-0.39, 0.29) is 17.1 Å². The standard InChI is InChI=1S/C8H8ClFO3S/c1-13-5-6-4-7(10)2-3-8(6)14(9,11)12/h2-4H,5H2,1H3. The largest absolute Gasteiger partial charge is 0.380 e. The molecule has 14 heavy (non-hydrogen) atoms. The van der Waals surface area contributed by atoms with Gasteiger partial charge in [0.15, 0.2) is 0 Å². The Bertz CT molecular complexity index is 430. The Morgan fingerprint density at radius 2 is 2.14 bits per heavy atom. The molecule has 0 spiro atoms. The van der Waals surface area contributed by atoms with Gasteiger partial charge < -0.3 is 4.74 Å². The van der Waals surface area contributed by atoms with Crippen LogP contribution in [-0.2, 0) is 20.4 Å². The molecule has 0 amide bonds. The van der Waals surface area contributed by atoms with Gasteiger partial charge in [-0.05, 0) is 18.2 Å². The summed E-state index contributed by atoms with van der Waals surface area (Å²) in [4.78, 5) is -0.123. The minimum atomic E-state index is -3.85. The van der Waals surface area contributed by atoms with Crippen molar-refractivity contribution in [1.82, 2.24) is 0 Å². The molecule has 0 aliphatic heterocycles. The maximum Gasteiger partial charge on any atom is 0.261 e. The fourth-order valence-corrected chi connectivity index (χ4v) is 2.17. The summed E-state index contributed by atoms with van der Waals surface area (Å²) < 4.78 is 39.5. The Labute approximate surface area is 85.9 Å². The normalized spacial score (nSPS) is 11.6. The van der Waals surface area contributed by atoms with Crippen molar-refractivity contribution in [2.75, 3.05) is 7.11 Å². The number of ether oxygens (including phenoxy) is 1. The molecule has 3 nitrogen and oxygen atoms in total. The SMILES string of the molecule is COCc1cc(F)ccc1S(=O)(=O)Cl. The summed E-state index contributed by atoms with van der Waals surface area (Å²) in [6.07, 6.45) is 0. The molecule has 78 valence electrons. The fraction of sp³-hybridized carbons (Fsp3) is 0.250. The van der Waals surface area contributed by atoms with Gasteiger partial charge in [0.25, 0.3) is 9.05 Å². The Kier molecular flexibility index (Phi) is 3.47. The maximum atomic E-state index is 12.8. The van der Waals surface area contributed by atoms with E-state index >= 15 is 0 Å². The van der Waals surface area contributed by atoms with Gasteiger partial charge >= 0.3 is 0 Å². The predicted octanol–water partition coefficient (Wildman–Crippen LogP) is 1.90. The third-order valence-electron chi connectivity index (χ3n) is 1.59. The summed E-state index contributed by atoms with van der Waals surface area (Å²) in [6.45, 7) is -0.000949. The molecule has 1 aromatic rings. The lowest BCUT2D eigenvalue weighted by atomic mass is 10.2. The van der Waals surface area contributed by atoms with E-state index in [1.54, 1.807) is 0 Å². The van der Waals surface area contributed by atoms with Crippen LogP contribution in [0.15, 0.2) is 23.1 Å². The van der Waals surface area contributed by atoms with Gasteiger partial charge in [-0.15, -0.1) is 0 Å². The smallest absolute Gasteiger partial charge is 0.261 e. The van der Waals surface area contributed by atoms with Crippen molar-refractivity contribution in [1.29, 1.82) is 0 Å². The Hall–Kier alpha value is -0.650. The van der Waals surface area contributed by atoms with Crippen molar-refractivity contribution in [3.05, 3.63) is 29.6 Å². The molecule has 0 fully saturated rings. The summed E-state index contributed by atoms with van der Waals surface area (Å²) >= 11 is 0. The van der Waals surface area contributed by atoms with Crippen LogP contribution in [0.2, 0.25) is 0 Å². The average molecular weight is 239 g/mol. The number of rotatable bonds is 3. The second-order valence-electron chi connectivity index (χ2n) is 2.62. The Morgan fingerprint density at radius 1 is 1.50 bits per heavy atom. The van der Waals surface area contributed by atoms with E-state index in [4.69, 9.17) is 15.4 Å². The third kappa shape index (κ3) is 2.67. The topological polar surface area (TPSA) is 43.4 Å². The minimum Gasteiger partial charge on any atom is -0.380 e. The summed E-state index contributed by atoms with van der Waals surface area (Å²) in [6, 6.07) is 3.24. The van der Waals surface area contributed by atoms with Crippen LogP contribution in [0.3, 0.4) is 0 Å². The van der Waals surface area contributed by atoms with Gasteiger partial charge in [-0.25, -0.2) is 12.8 Å². The lowest BCUT2D eigenvalue weighted by Gasteiger charge is -2.05. The highest BCUT2D eigenvalue weighted by molar-refractivity contribution is 8.13. The van der Waals surface area contributed by atoms with Crippen LogP contribution >= 0.6 is 10.7 Å². The molecule has 1 aromatic carbocycles. The maximum absolute atomic E-state index is 12.8. The van der Waals surface area contributed by atoms with E-state index in [1.165, 1.54) is 7.11 Å². The molecule has 0 unspecified atom stereocenters. The first-order chi connectivity index (χ1) is 6.45. The van der Waals surface area contributed by atoms with Gasteiger partial charge in [-0.2, -0.15) is 0 Å². The average Bonchev–Trinajstić information content (AvgIpc) is 2.02. The molecular weight excluding hydrogens is 231 g/mol. The van der Waals surface area contributed by atoms with E-state index in [0.717, 1.165) is 18.2 Å². The molecule has 0 saturated heterocycles. The van der Waals surface area contributed by atoms with E-state index in [9.17, 15) is 12.8 Å². The molecule has 0 aliphatic carbocycles. The molecular formula is C8H8ClFO3S. The number of methoxy groups -OCH3 is 1. The van der Waals surface area contributed by atoms with Crippen molar-refractivity contribution < 1.29 is 17.5 Å². The second-order valence-corrected chi connectivity index (χ2v) is 5.16. The molecule has 0 saturated carbocycles. The molecule has 0 aliphatic rings. The molecule has 0 heterocycles. The zero-order chi connectivity index (χ0) is 10.8. The predicted molar refractivity (Wildman–Crippen MR) is 50.2 cm³/mol. The molecule has 0 atom stereocenters. The highest BCUT2D eigenvalue weighted by Crippen LogP contribution is 2.21. The first-order valence-electron chi connectivity index (χ1n) is 3.67. The summed E-state index contributed by atoms with van der Waals surface area (Å²) in [5.41, 5.74) is 0.211. The summed E-state index contributed by atoms with van der Waals surface area (Å²) in [7, 11) is 2.68. The molecule has 0 radical (unpaired) electrons. The van der Waals surface area contributed by atoms with Crippen molar-refractivity contribution in [3.8, 4) is 0 Å². The third-order valence-corrected chi connectivity index (χ3v) is 3.01. The molecule has 0 N–H and O–H groups in total. The lowest BCUT2D eigenvalue weighted by Crippen LogP contribution is -2.00. The van der Waals surface area contributed by atoms with Crippen molar-refractivity contribution >= 4 is 19.7 Å². The number of halogens is 2. The van der Waals surface area contributed by atoms with Crippen LogP contribution in [0, 0.1) is 5.82 Å². The highest BCUT2D eigenvalue weighted by Gasteiger charge is 2.15. The zero-order valence-electron chi connectivity index (χ0n) is 7.33. The molecule has 0 bridgehead atoms. The number of benzene rings is 1. The fourth-order valence-electron chi connectivity index (χ4n) is 1.05. The van der Waals surface area contributed by atoms with E-state index in [2.05, 4.69) is 0 Å². The quantitative estimate of drug-likeness (QED) is 0.756. The summed E-state index contributed by atoms with van der Waals surface area (Å²) in [5.74, 6) is -0.527. The first kappa shape index (κ1) is 11.4. The van der Waals surface area contributed by atoms with Crippen LogP contribution in [0.5, 0.6) is 0 Å². The Balaban J connectivity index is 3.29. The van der Waals surface area contributed by atoms with Crippen LogP contribution in [0.25, 0.3) is 0 Å². The molecule has 1 rings (SSSR count). The van der Waals surface area contributed by atoms with Gasteiger partial charge in [0, 0.05) is 23.4 Å². The number of hydrogen-bond donors (Lipinski definition) is 0. The lowest BCUT2D eigenvalue weighted by molar-refractivity contribution is 0.182. The number of hydrogen-bond acceptors (Lipinski definition) is 3. The monoisotopic (exact) mass is 238 g/mol. The second kappa shape index (κ2) is 4.25. The van der Waals surface area contributed by atoms with Crippen LogP contribution in [0.4, 0.5) is 4.39 Å². The minimum absolute atomic E-state index is 0.000949.